The monoisotopic (exact) mass is 275 g/mol. The molecule has 1 fully saturated rings. The summed E-state index contributed by atoms with van der Waals surface area (Å²) in [5.41, 5.74) is 3.06. The van der Waals surface area contributed by atoms with Crippen LogP contribution >= 0.6 is 23.7 Å². The van der Waals surface area contributed by atoms with Gasteiger partial charge in [-0.2, -0.15) is 0 Å². The standard InChI is InChI=1S/C12H21N3S.ClH/c1-11-4-2-3-6-15(11)7-5-13-8-12-9-16-10-14-12;/h9-11,13H,2-8H2,1H3;1H. The second-order valence-corrected chi connectivity index (χ2v) is 5.26. The lowest BCUT2D eigenvalue weighted by molar-refractivity contribution is 0.161. The lowest BCUT2D eigenvalue weighted by atomic mass is 10.0. The number of nitrogens with one attached hydrogen (secondary N) is 1. The van der Waals surface area contributed by atoms with E-state index in [2.05, 4.69) is 27.5 Å². The largest absolute Gasteiger partial charge is 0.310 e. The summed E-state index contributed by atoms with van der Waals surface area (Å²) in [7, 11) is 0. The van der Waals surface area contributed by atoms with E-state index in [1.54, 1.807) is 11.3 Å². The maximum Gasteiger partial charge on any atom is 0.0795 e. The molecule has 0 radical (unpaired) electrons. The fraction of sp³-hybridized carbons (Fsp3) is 0.750. The van der Waals surface area contributed by atoms with Crippen LogP contribution in [0.15, 0.2) is 10.9 Å². The van der Waals surface area contributed by atoms with Gasteiger partial charge in [0, 0.05) is 31.1 Å². The maximum absolute atomic E-state index is 4.26. The molecule has 0 spiro atoms. The molecular weight excluding hydrogens is 254 g/mol. The summed E-state index contributed by atoms with van der Waals surface area (Å²) < 4.78 is 0. The summed E-state index contributed by atoms with van der Waals surface area (Å²) in [6, 6.07) is 0.773. The van der Waals surface area contributed by atoms with Crippen LogP contribution in [0, 0.1) is 0 Å². The van der Waals surface area contributed by atoms with Gasteiger partial charge in [0.15, 0.2) is 0 Å². The first-order valence-electron chi connectivity index (χ1n) is 6.18. The maximum atomic E-state index is 4.26. The second-order valence-electron chi connectivity index (χ2n) is 4.54. The summed E-state index contributed by atoms with van der Waals surface area (Å²) in [4.78, 5) is 6.85. The van der Waals surface area contributed by atoms with Crippen molar-refractivity contribution in [3.05, 3.63) is 16.6 Å². The molecule has 5 heteroatoms. The van der Waals surface area contributed by atoms with Crippen LogP contribution in [0.1, 0.15) is 31.9 Å². The van der Waals surface area contributed by atoms with Gasteiger partial charge in [0.1, 0.15) is 0 Å². The number of hydrogen-bond acceptors (Lipinski definition) is 4. The smallest absolute Gasteiger partial charge is 0.0795 e. The third-order valence-electron chi connectivity index (χ3n) is 3.31. The molecule has 0 bridgehead atoms. The third-order valence-corrected chi connectivity index (χ3v) is 3.94. The van der Waals surface area contributed by atoms with E-state index < -0.39 is 0 Å². The van der Waals surface area contributed by atoms with Crippen LogP contribution in [0.25, 0.3) is 0 Å². The Morgan fingerprint density at radius 2 is 2.41 bits per heavy atom. The van der Waals surface area contributed by atoms with Crippen molar-refractivity contribution < 1.29 is 0 Å². The van der Waals surface area contributed by atoms with Gasteiger partial charge in [-0.3, -0.25) is 4.90 Å². The molecule has 1 aromatic rings. The van der Waals surface area contributed by atoms with Crippen LogP contribution in [0.5, 0.6) is 0 Å². The van der Waals surface area contributed by atoms with Gasteiger partial charge in [-0.25, -0.2) is 4.98 Å². The van der Waals surface area contributed by atoms with Crippen LogP contribution < -0.4 is 5.32 Å². The number of rotatable bonds is 5. The minimum absolute atomic E-state index is 0. The minimum atomic E-state index is 0. The number of aromatic nitrogens is 1. The van der Waals surface area contributed by atoms with E-state index >= 15 is 0 Å². The van der Waals surface area contributed by atoms with Crippen molar-refractivity contribution in [2.45, 2.75) is 38.8 Å². The number of likely N-dealkylation sites (tertiary alicyclic amines) is 1. The van der Waals surface area contributed by atoms with E-state index in [9.17, 15) is 0 Å². The van der Waals surface area contributed by atoms with Gasteiger partial charge in [-0.05, 0) is 26.3 Å². The van der Waals surface area contributed by atoms with Crippen molar-refractivity contribution in [3.63, 3.8) is 0 Å². The Balaban J connectivity index is 0.00000144. The number of halogens is 1. The average molecular weight is 276 g/mol. The molecular formula is C12H22ClN3S. The fourth-order valence-electron chi connectivity index (χ4n) is 2.25. The molecule has 0 aliphatic carbocycles. The van der Waals surface area contributed by atoms with Gasteiger partial charge in [0.25, 0.3) is 0 Å². The zero-order valence-electron chi connectivity index (χ0n) is 10.4. The van der Waals surface area contributed by atoms with E-state index in [0.717, 1.165) is 24.8 Å². The molecule has 1 aromatic heterocycles. The number of nitrogens with zero attached hydrogens (tertiary/aromatic N) is 2. The highest BCUT2D eigenvalue weighted by atomic mass is 35.5. The molecule has 2 heterocycles. The molecule has 1 unspecified atom stereocenters. The van der Waals surface area contributed by atoms with Gasteiger partial charge < -0.3 is 5.32 Å². The molecule has 0 saturated carbocycles. The van der Waals surface area contributed by atoms with Gasteiger partial charge in [-0.1, -0.05) is 6.42 Å². The Morgan fingerprint density at radius 3 is 3.12 bits per heavy atom. The van der Waals surface area contributed by atoms with Crippen molar-refractivity contribution in [1.82, 2.24) is 15.2 Å². The van der Waals surface area contributed by atoms with Crippen molar-refractivity contribution >= 4 is 23.7 Å². The van der Waals surface area contributed by atoms with Crippen LogP contribution in [-0.2, 0) is 6.54 Å². The number of piperidine rings is 1. The molecule has 17 heavy (non-hydrogen) atoms. The van der Waals surface area contributed by atoms with Crippen LogP contribution in [-0.4, -0.2) is 35.6 Å². The zero-order valence-corrected chi connectivity index (χ0v) is 12.0. The Hall–Kier alpha value is -0.160. The predicted molar refractivity (Wildman–Crippen MR) is 76.0 cm³/mol. The van der Waals surface area contributed by atoms with Crippen LogP contribution in [0.2, 0.25) is 0 Å². The molecule has 1 atom stereocenters. The van der Waals surface area contributed by atoms with Crippen molar-refractivity contribution in [1.29, 1.82) is 0 Å². The first-order chi connectivity index (χ1) is 7.86. The quantitative estimate of drug-likeness (QED) is 0.837. The lowest BCUT2D eigenvalue weighted by Gasteiger charge is -2.33. The molecule has 1 aliphatic rings. The highest BCUT2D eigenvalue weighted by Crippen LogP contribution is 2.15. The summed E-state index contributed by atoms with van der Waals surface area (Å²) in [6.07, 6.45) is 4.15. The summed E-state index contributed by atoms with van der Waals surface area (Å²) >= 11 is 1.66. The molecule has 0 aromatic carbocycles. The Morgan fingerprint density at radius 1 is 1.53 bits per heavy atom. The third kappa shape index (κ3) is 4.92. The van der Waals surface area contributed by atoms with Gasteiger partial charge in [0.05, 0.1) is 11.2 Å². The highest BCUT2D eigenvalue weighted by molar-refractivity contribution is 7.07. The van der Waals surface area contributed by atoms with Gasteiger partial charge in [-0.15, -0.1) is 23.7 Å². The van der Waals surface area contributed by atoms with Crippen molar-refractivity contribution in [2.24, 2.45) is 0 Å². The first kappa shape index (κ1) is 14.9. The Kier molecular flexibility index (Phi) is 7.04. The highest BCUT2D eigenvalue weighted by Gasteiger charge is 2.16. The molecule has 98 valence electrons. The van der Waals surface area contributed by atoms with Crippen LogP contribution in [0.3, 0.4) is 0 Å². The zero-order chi connectivity index (χ0) is 11.2. The normalized spacial score (nSPS) is 21.1. The Labute approximate surface area is 114 Å². The van der Waals surface area contributed by atoms with E-state index in [0.29, 0.717) is 0 Å². The van der Waals surface area contributed by atoms with Crippen molar-refractivity contribution in [2.75, 3.05) is 19.6 Å². The molecule has 1 aliphatic heterocycles. The van der Waals surface area contributed by atoms with E-state index in [1.807, 2.05) is 5.51 Å². The summed E-state index contributed by atoms with van der Waals surface area (Å²) in [5, 5.41) is 5.57. The SMILES string of the molecule is CC1CCCCN1CCNCc1cscn1.Cl. The molecule has 1 N–H and O–H groups in total. The van der Waals surface area contributed by atoms with E-state index in [1.165, 1.54) is 32.4 Å². The minimum Gasteiger partial charge on any atom is -0.310 e. The second kappa shape index (κ2) is 8.03. The van der Waals surface area contributed by atoms with Gasteiger partial charge in [0.2, 0.25) is 0 Å². The molecule has 1 saturated heterocycles. The number of thiazole rings is 1. The van der Waals surface area contributed by atoms with Gasteiger partial charge >= 0.3 is 0 Å². The van der Waals surface area contributed by atoms with E-state index in [4.69, 9.17) is 0 Å². The average Bonchev–Trinajstić information content (AvgIpc) is 2.79. The molecule has 3 nitrogen and oxygen atoms in total. The number of hydrogen-bond donors (Lipinski definition) is 1. The summed E-state index contributed by atoms with van der Waals surface area (Å²) in [6.45, 7) is 6.78. The topological polar surface area (TPSA) is 28.2 Å². The lowest BCUT2D eigenvalue weighted by Crippen LogP contribution is -2.41. The van der Waals surface area contributed by atoms with Crippen molar-refractivity contribution in [3.8, 4) is 0 Å². The predicted octanol–water partition coefficient (Wildman–Crippen LogP) is 2.53. The Bertz CT molecular complexity index is 292. The first-order valence-corrected chi connectivity index (χ1v) is 7.12. The summed E-state index contributed by atoms with van der Waals surface area (Å²) in [5.74, 6) is 0. The van der Waals surface area contributed by atoms with Crippen LogP contribution in [0.4, 0.5) is 0 Å². The molecule has 2 rings (SSSR count). The molecule has 0 amide bonds. The fourth-order valence-corrected chi connectivity index (χ4v) is 2.81. The van der Waals surface area contributed by atoms with E-state index in [-0.39, 0.29) is 12.4 Å².